The van der Waals surface area contributed by atoms with Gasteiger partial charge >= 0.3 is 0 Å². The summed E-state index contributed by atoms with van der Waals surface area (Å²) in [6.45, 7) is 7.57. The van der Waals surface area contributed by atoms with Crippen molar-refractivity contribution in [1.82, 2.24) is 0 Å². The van der Waals surface area contributed by atoms with E-state index in [9.17, 15) is 0 Å². The van der Waals surface area contributed by atoms with Crippen LogP contribution in [0.5, 0.6) is 0 Å². The lowest BCUT2D eigenvalue weighted by Crippen LogP contribution is -2.46. The van der Waals surface area contributed by atoms with Crippen LogP contribution >= 0.6 is 0 Å². The van der Waals surface area contributed by atoms with Gasteiger partial charge in [-0.1, -0.05) is 0 Å². The molecule has 1 fully saturated rings. The smallest absolute Gasteiger partial charge is 0.163 e. The molecule has 1 rings (SSSR count). The lowest BCUT2D eigenvalue weighted by Gasteiger charge is -2.22. The highest BCUT2D eigenvalue weighted by Gasteiger charge is 2.44. The summed E-state index contributed by atoms with van der Waals surface area (Å²) in [5.41, 5.74) is 11.6. The summed E-state index contributed by atoms with van der Waals surface area (Å²) in [6, 6.07) is -0.115. The number of nitrogens with two attached hydrogens (primary N) is 2. The van der Waals surface area contributed by atoms with Crippen molar-refractivity contribution >= 4 is 0 Å². The molecule has 1 saturated heterocycles. The molecule has 0 amide bonds. The van der Waals surface area contributed by atoms with Crippen LogP contribution in [0.3, 0.4) is 0 Å². The normalized spacial score (nSPS) is 37.4. The summed E-state index contributed by atoms with van der Waals surface area (Å²) in [6.07, 6.45) is -0.204. The third-order valence-corrected chi connectivity index (χ3v) is 2.20. The molecule has 0 bridgehead atoms. The minimum Gasteiger partial charge on any atom is -0.343 e. The van der Waals surface area contributed by atoms with Gasteiger partial charge in [0.25, 0.3) is 0 Å². The number of ether oxygens (including phenoxy) is 2. The van der Waals surface area contributed by atoms with Crippen LogP contribution in [0.15, 0.2) is 0 Å². The van der Waals surface area contributed by atoms with Gasteiger partial charge in [-0.05, 0) is 27.7 Å². The minimum absolute atomic E-state index is 0.0576. The molecule has 1 heterocycles. The van der Waals surface area contributed by atoms with Crippen LogP contribution in [0.1, 0.15) is 27.7 Å². The highest BCUT2D eigenvalue weighted by molar-refractivity contribution is 4.90. The molecule has 0 spiro atoms. The average Bonchev–Trinajstić information content (AvgIpc) is 2.26. The Morgan fingerprint density at radius 2 is 1.31 bits per heavy atom. The van der Waals surface area contributed by atoms with Gasteiger partial charge in [0.05, 0.1) is 0 Å². The van der Waals surface area contributed by atoms with E-state index in [1.807, 2.05) is 27.7 Å². The molecule has 1 aliphatic heterocycles. The minimum atomic E-state index is -0.559. The van der Waals surface area contributed by atoms with E-state index in [-0.39, 0.29) is 24.3 Å². The topological polar surface area (TPSA) is 70.5 Å². The molecule has 4 nitrogen and oxygen atoms in total. The Balaban J connectivity index is 2.71. The fourth-order valence-electron chi connectivity index (χ4n) is 1.63. The van der Waals surface area contributed by atoms with Gasteiger partial charge in [-0.3, -0.25) is 0 Å². The molecule has 0 aromatic carbocycles. The van der Waals surface area contributed by atoms with E-state index >= 15 is 0 Å². The van der Waals surface area contributed by atoms with Crippen molar-refractivity contribution in [3.63, 3.8) is 0 Å². The summed E-state index contributed by atoms with van der Waals surface area (Å²) >= 11 is 0. The highest BCUT2D eigenvalue weighted by Crippen LogP contribution is 2.30. The largest absolute Gasteiger partial charge is 0.343 e. The number of hydrogen-bond donors (Lipinski definition) is 2. The molecule has 4 atom stereocenters. The fraction of sp³-hybridized carbons (Fsp3) is 1.00. The molecule has 0 unspecified atom stereocenters. The molecule has 1 aliphatic rings. The van der Waals surface area contributed by atoms with Crippen LogP contribution in [-0.4, -0.2) is 30.1 Å². The van der Waals surface area contributed by atoms with Gasteiger partial charge in [-0.15, -0.1) is 0 Å². The first-order chi connectivity index (χ1) is 5.83. The molecule has 78 valence electrons. The molecular formula is C9H20N2O2. The third-order valence-electron chi connectivity index (χ3n) is 2.20. The van der Waals surface area contributed by atoms with Crippen molar-refractivity contribution in [2.24, 2.45) is 11.5 Å². The standard InChI is InChI=1S/C9H20N2O2/c1-5(10)7-8(6(2)11)13-9(3,4)12-7/h5-8H,10-11H2,1-4H3/t5-,6-,7+,8+/m1/s1. The van der Waals surface area contributed by atoms with Gasteiger partial charge in [0.1, 0.15) is 12.2 Å². The van der Waals surface area contributed by atoms with Gasteiger partial charge in [0.2, 0.25) is 0 Å². The number of hydrogen-bond acceptors (Lipinski definition) is 4. The molecule has 0 radical (unpaired) electrons. The molecule has 0 aliphatic carbocycles. The zero-order valence-corrected chi connectivity index (χ0v) is 8.78. The predicted molar refractivity (Wildman–Crippen MR) is 51.1 cm³/mol. The van der Waals surface area contributed by atoms with Gasteiger partial charge in [0.15, 0.2) is 5.79 Å². The molecule has 4 heteroatoms. The van der Waals surface area contributed by atoms with Crippen molar-refractivity contribution < 1.29 is 9.47 Å². The molecule has 13 heavy (non-hydrogen) atoms. The SMILES string of the molecule is C[C@@H](N)[C@@H]1OC(C)(C)O[C@H]1[C@@H](C)N. The Hall–Kier alpha value is -0.160. The highest BCUT2D eigenvalue weighted by atomic mass is 16.8. The fourth-order valence-corrected chi connectivity index (χ4v) is 1.63. The maximum atomic E-state index is 5.79. The zero-order valence-electron chi connectivity index (χ0n) is 8.78. The van der Waals surface area contributed by atoms with Crippen LogP contribution in [0.25, 0.3) is 0 Å². The van der Waals surface area contributed by atoms with Gasteiger partial charge in [-0.2, -0.15) is 0 Å². The molecule has 0 aromatic rings. The predicted octanol–water partition coefficient (Wildman–Crippen LogP) is 0.201. The van der Waals surface area contributed by atoms with Crippen LogP contribution < -0.4 is 11.5 Å². The summed E-state index contributed by atoms with van der Waals surface area (Å²) in [5.74, 6) is -0.559. The Labute approximate surface area is 79.6 Å². The van der Waals surface area contributed by atoms with Crippen molar-refractivity contribution in [1.29, 1.82) is 0 Å². The molecule has 0 saturated carbocycles. The van der Waals surface area contributed by atoms with Crippen LogP contribution in [-0.2, 0) is 9.47 Å². The van der Waals surface area contributed by atoms with Crippen molar-refractivity contribution in [3.05, 3.63) is 0 Å². The van der Waals surface area contributed by atoms with Gasteiger partial charge in [0, 0.05) is 12.1 Å². The Bertz CT molecular complexity index is 162. The zero-order chi connectivity index (χ0) is 10.2. The van der Waals surface area contributed by atoms with Gasteiger partial charge < -0.3 is 20.9 Å². The van der Waals surface area contributed by atoms with E-state index in [0.29, 0.717) is 0 Å². The average molecular weight is 188 g/mol. The van der Waals surface area contributed by atoms with E-state index in [2.05, 4.69) is 0 Å². The van der Waals surface area contributed by atoms with Crippen molar-refractivity contribution in [3.8, 4) is 0 Å². The van der Waals surface area contributed by atoms with E-state index in [1.165, 1.54) is 0 Å². The molecule has 0 aromatic heterocycles. The lowest BCUT2D eigenvalue weighted by molar-refractivity contribution is -0.148. The summed E-state index contributed by atoms with van der Waals surface area (Å²) in [4.78, 5) is 0. The van der Waals surface area contributed by atoms with E-state index in [1.54, 1.807) is 0 Å². The van der Waals surface area contributed by atoms with Crippen molar-refractivity contribution in [2.75, 3.05) is 0 Å². The third kappa shape index (κ3) is 2.40. The molecular weight excluding hydrogens is 168 g/mol. The lowest BCUT2D eigenvalue weighted by atomic mass is 10.0. The first kappa shape index (κ1) is 10.9. The van der Waals surface area contributed by atoms with E-state index in [0.717, 1.165) is 0 Å². The quantitative estimate of drug-likeness (QED) is 0.649. The maximum Gasteiger partial charge on any atom is 0.163 e. The summed E-state index contributed by atoms with van der Waals surface area (Å²) < 4.78 is 11.3. The second kappa shape index (κ2) is 3.53. The van der Waals surface area contributed by atoms with E-state index < -0.39 is 5.79 Å². The summed E-state index contributed by atoms with van der Waals surface area (Å²) in [7, 11) is 0. The van der Waals surface area contributed by atoms with Crippen molar-refractivity contribution in [2.45, 2.75) is 57.8 Å². The van der Waals surface area contributed by atoms with Crippen LogP contribution in [0, 0.1) is 0 Å². The monoisotopic (exact) mass is 188 g/mol. The van der Waals surface area contributed by atoms with Crippen LogP contribution in [0.4, 0.5) is 0 Å². The second-order valence-electron chi connectivity index (χ2n) is 4.28. The molecule has 4 N–H and O–H groups in total. The number of rotatable bonds is 2. The van der Waals surface area contributed by atoms with Gasteiger partial charge in [-0.25, -0.2) is 0 Å². The second-order valence-corrected chi connectivity index (χ2v) is 4.28. The van der Waals surface area contributed by atoms with Crippen LogP contribution in [0.2, 0.25) is 0 Å². The Morgan fingerprint density at radius 3 is 1.54 bits per heavy atom. The maximum absolute atomic E-state index is 5.79. The summed E-state index contributed by atoms with van der Waals surface area (Å²) in [5, 5.41) is 0. The first-order valence-corrected chi connectivity index (χ1v) is 4.70. The Morgan fingerprint density at radius 1 is 1.00 bits per heavy atom. The first-order valence-electron chi connectivity index (χ1n) is 4.70. The van der Waals surface area contributed by atoms with E-state index in [4.69, 9.17) is 20.9 Å². The Kier molecular flexibility index (Phi) is 2.97.